The van der Waals surface area contributed by atoms with Crippen LogP contribution < -0.4 is 10.9 Å². The van der Waals surface area contributed by atoms with E-state index in [2.05, 4.69) is 10.3 Å². The SMILES string of the molecule is CC1(CO)CCCC1NC(=O)c1cc2c([nH]c1=O)CCCC2. The Hall–Kier alpha value is -1.62. The Morgan fingerprint density at radius 1 is 1.41 bits per heavy atom. The first-order valence-electron chi connectivity index (χ1n) is 8.20. The average molecular weight is 304 g/mol. The van der Waals surface area contributed by atoms with Crippen LogP contribution in [0.3, 0.4) is 0 Å². The number of carbonyl (C=O) groups excluding carboxylic acids is 1. The van der Waals surface area contributed by atoms with E-state index in [-0.39, 0.29) is 35.1 Å². The van der Waals surface area contributed by atoms with E-state index in [1.54, 1.807) is 6.07 Å². The van der Waals surface area contributed by atoms with Crippen LogP contribution in [0.4, 0.5) is 0 Å². The molecule has 2 aliphatic rings. The lowest BCUT2D eigenvalue weighted by molar-refractivity contribution is 0.0829. The average Bonchev–Trinajstić information content (AvgIpc) is 2.88. The quantitative estimate of drug-likeness (QED) is 0.792. The van der Waals surface area contributed by atoms with Gasteiger partial charge >= 0.3 is 0 Å². The van der Waals surface area contributed by atoms with Gasteiger partial charge in [0.1, 0.15) is 5.56 Å². The van der Waals surface area contributed by atoms with Crippen molar-refractivity contribution in [3.05, 3.63) is 33.2 Å². The number of aromatic nitrogens is 1. The minimum absolute atomic E-state index is 0.0541. The lowest BCUT2D eigenvalue weighted by Gasteiger charge is -2.30. The number of aliphatic hydroxyl groups excluding tert-OH is 1. The first-order chi connectivity index (χ1) is 10.5. The zero-order valence-corrected chi connectivity index (χ0v) is 13.1. The van der Waals surface area contributed by atoms with Gasteiger partial charge in [0.15, 0.2) is 0 Å². The molecular formula is C17H24N2O3. The summed E-state index contributed by atoms with van der Waals surface area (Å²) in [5.74, 6) is -0.318. The molecular weight excluding hydrogens is 280 g/mol. The number of fused-ring (bicyclic) bond motifs is 1. The molecule has 1 saturated carbocycles. The summed E-state index contributed by atoms with van der Waals surface area (Å²) in [6.07, 6.45) is 6.74. The van der Waals surface area contributed by atoms with Crippen LogP contribution in [-0.4, -0.2) is 28.6 Å². The van der Waals surface area contributed by atoms with Gasteiger partial charge in [0.05, 0.1) is 6.61 Å². The summed E-state index contributed by atoms with van der Waals surface area (Å²) in [7, 11) is 0. The number of nitrogens with one attached hydrogen (secondary N) is 2. The number of amides is 1. The summed E-state index contributed by atoms with van der Waals surface area (Å²) < 4.78 is 0. The molecule has 0 aliphatic heterocycles. The maximum Gasteiger partial charge on any atom is 0.261 e. The molecule has 3 N–H and O–H groups in total. The number of aryl methyl sites for hydroxylation is 2. The number of pyridine rings is 1. The third-order valence-corrected chi connectivity index (χ3v) is 5.33. The first kappa shape index (κ1) is 15.3. The van der Waals surface area contributed by atoms with E-state index in [9.17, 15) is 14.7 Å². The van der Waals surface area contributed by atoms with Crippen LogP contribution in [0, 0.1) is 5.41 Å². The molecule has 1 amide bonds. The summed E-state index contributed by atoms with van der Waals surface area (Å²) in [6, 6.07) is 1.69. The van der Waals surface area contributed by atoms with Crippen molar-refractivity contribution in [2.45, 2.75) is 57.9 Å². The Balaban J connectivity index is 1.82. The highest BCUT2D eigenvalue weighted by Crippen LogP contribution is 2.37. The summed E-state index contributed by atoms with van der Waals surface area (Å²) in [6.45, 7) is 2.04. The molecule has 0 saturated heterocycles. The monoisotopic (exact) mass is 304 g/mol. The third-order valence-electron chi connectivity index (χ3n) is 5.33. The lowest BCUT2D eigenvalue weighted by atomic mass is 9.85. The van der Waals surface area contributed by atoms with Crippen molar-refractivity contribution in [1.82, 2.24) is 10.3 Å². The number of hydrogen-bond donors (Lipinski definition) is 3. The van der Waals surface area contributed by atoms with E-state index in [1.165, 1.54) is 0 Å². The number of aliphatic hydroxyl groups is 1. The van der Waals surface area contributed by atoms with Gasteiger partial charge in [0.25, 0.3) is 11.5 Å². The topological polar surface area (TPSA) is 82.2 Å². The van der Waals surface area contributed by atoms with Crippen molar-refractivity contribution in [2.75, 3.05) is 6.61 Å². The van der Waals surface area contributed by atoms with E-state index in [1.807, 2.05) is 6.92 Å². The molecule has 2 aliphatic carbocycles. The van der Waals surface area contributed by atoms with Crippen molar-refractivity contribution in [1.29, 1.82) is 0 Å². The standard InChI is InChI=1S/C17H24N2O3/c1-17(10-20)8-4-7-14(17)19-16(22)12-9-11-5-2-3-6-13(11)18-15(12)21/h9,14,20H,2-8,10H2,1H3,(H,18,21)(H,19,22). The summed E-state index contributed by atoms with van der Waals surface area (Å²) >= 11 is 0. The van der Waals surface area contributed by atoms with Gasteiger partial charge in [0, 0.05) is 17.2 Å². The van der Waals surface area contributed by atoms with Gasteiger partial charge in [-0.3, -0.25) is 9.59 Å². The highest BCUT2D eigenvalue weighted by atomic mass is 16.3. The predicted octanol–water partition coefficient (Wildman–Crippen LogP) is 1.53. The highest BCUT2D eigenvalue weighted by molar-refractivity contribution is 5.94. The molecule has 5 heteroatoms. The molecule has 0 spiro atoms. The molecule has 1 aromatic heterocycles. The molecule has 2 unspecified atom stereocenters. The fourth-order valence-electron chi connectivity index (χ4n) is 3.75. The molecule has 2 atom stereocenters. The fraction of sp³-hybridized carbons (Fsp3) is 0.647. The molecule has 0 radical (unpaired) electrons. The smallest absolute Gasteiger partial charge is 0.261 e. The van der Waals surface area contributed by atoms with Crippen LogP contribution in [0.25, 0.3) is 0 Å². The highest BCUT2D eigenvalue weighted by Gasteiger charge is 2.39. The maximum absolute atomic E-state index is 12.5. The lowest BCUT2D eigenvalue weighted by Crippen LogP contribution is -2.46. The van der Waals surface area contributed by atoms with Gasteiger partial charge in [0.2, 0.25) is 0 Å². The molecule has 22 heavy (non-hydrogen) atoms. The van der Waals surface area contributed by atoms with E-state index >= 15 is 0 Å². The van der Waals surface area contributed by atoms with Crippen LogP contribution >= 0.6 is 0 Å². The Morgan fingerprint density at radius 2 is 2.18 bits per heavy atom. The Kier molecular flexibility index (Phi) is 4.08. The van der Waals surface area contributed by atoms with Gasteiger partial charge in [-0.1, -0.05) is 13.3 Å². The number of rotatable bonds is 3. The molecule has 120 valence electrons. The van der Waals surface area contributed by atoms with Crippen LogP contribution in [0.5, 0.6) is 0 Å². The summed E-state index contributed by atoms with van der Waals surface area (Å²) in [4.78, 5) is 27.5. The van der Waals surface area contributed by atoms with Gasteiger partial charge in [-0.15, -0.1) is 0 Å². The van der Waals surface area contributed by atoms with E-state index in [4.69, 9.17) is 0 Å². The molecule has 1 fully saturated rings. The van der Waals surface area contributed by atoms with E-state index < -0.39 is 0 Å². The van der Waals surface area contributed by atoms with Gasteiger partial charge in [-0.25, -0.2) is 0 Å². The molecule has 0 bridgehead atoms. The second-order valence-corrected chi connectivity index (χ2v) is 6.95. The maximum atomic E-state index is 12.5. The number of carbonyl (C=O) groups is 1. The van der Waals surface area contributed by atoms with Crippen molar-refractivity contribution in [3.63, 3.8) is 0 Å². The van der Waals surface area contributed by atoms with E-state index in [0.717, 1.165) is 56.2 Å². The minimum atomic E-state index is -0.318. The number of hydrogen-bond acceptors (Lipinski definition) is 3. The zero-order chi connectivity index (χ0) is 15.7. The van der Waals surface area contributed by atoms with Crippen molar-refractivity contribution < 1.29 is 9.90 Å². The fourth-order valence-corrected chi connectivity index (χ4v) is 3.75. The van der Waals surface area contributed by atoms with Gasteiger partial charge in [-0.2, -0.15) is 0 Å². The van der Waals surface area contributed by atoms with Gasteiger partial charge in [-0.05, 0) is 50.2 Å². The second kappa shape index (κ2) is 5.88. The Morgan fingerprint density at radius 3 is 2.95 bits per heavy atom. The normalized spacial score (nSPS) is 27.5. The summed E-state index contributed by atoms with van der Waals surface area (Å²) in [5.41, 5.74) is 1.69. The molecule has 1 heterocycles. The van der Waals surface area contributed by atoms with Crippen LogP contribution in [0.15, 0.2) is 10.9 Å². The molecule has 1 aromatic rings. The first-order valence-corrected chi connectivity index (χ1v) is 8.20. The van der Waals surface area contributed by atoms with E-state index in [0.29, 0.717) is 0 Å². The number of H-pyrrole nitrogens is 1. The van der Waals surface area contributed by atoms with Crippen LogP contribution in [0.2, 0.25) is 0 Å². The van der Waals surface area contributed by atoms with Gasteiger partial charge < -0.3 is 15.4 Å². The third kappa shape index (κ3) is 2.70. The molecule has 3 rings (SSSR count). The summed E-state index contributed by atoms with van der Waals surface area (Å²) in [5, 5.41) is 12.5. The molecule has 5 nitrogen and oxygen atoms in total. The second-order valence-electron chi connectivity index (χ2n) is 6.95. The van der Waals surface area contributed by atoms with Crippen LogP contribution in [-0.2, 0) is 12.8 Å². The molecule has 0 aromatic carbocycles. The predicted molar refractivity (Wildman–Crippen MR) is 84.0 cm³/mol. The van der Waals surface area contributed by atoms with Crippen LogP contribution in [0.1, 0.15) is 60.6 Å². The largest absolute Gasteiger partial charge is 0.396 e. The Labute approximate surface area is 130 Å². The number of aromatic amines is 1. The zero-order valence-electron chi connectivity index (χ0n) is 13.1. The minimum Gasteiger partial charge on any atom is -0.396 e. The van der Waals surface area contributed by atoms with Crippen molar-refractivity contribution in [3.8, 4) is 0 Å². The Bertz CT molecular complexity index is 637. The van der Waals surface area contributed by atoms with Crippen molar-refractivity contribution >= 4 is 5.91 Å². The van der Waals surface area contributed by atoms with Crippen molar-refractivity contribution in [2.24, 2.45) is 5.41 Å².